The Kier molecular flexibility index (Phi) is 14.7. The van der Waals surface area contributed by atoms with Gasteiger partial charge in [0.25, 0.3) is 0 Å². The molecule has 0 saturated carbocycles. The molecule has 0 heterocycles. The van der Waals surface area contributed by atoms with Crippen LogP contribution in [0.2, 0.25) is 0 Å². The molecule has 2 aromatic carbocycles. The van der Waals surface area contributed by atoms with Crippen molar-refractivity contribution in [2.45, 2.75) is 97.2 Å². The molecule has 2 aromatic rings. The Balaban J connectivity index is 2.53. The lowest BCUT2D eigenvalue weighted by Gasteiger charge is -2.35. The summed E-state index contributed by atoms with van der Waals surface area (Å²) in [5.74, 6) is -1.52. The first-order valence-electron chi connectivity index (χ1n) is 15.2. The highest BCUT2D eigenvalue weighted by Gasteiger charge is 2.37. The second-order valence-corrected chi connectivity index (χ2v) is 11.7. The quantitative estimate of drug-likeness (QED) is 0.192. The van der Waals surface area contributed by atoms with Gasteiger partial charge in [-0.3, -0.25) is 14.4 Å². The second kappa shape index (κ2) is 17.9. The van der Waals surface area contributed by atoms with E-state index < -0.39 is 41.6 Å². The van der Waals surface area contributed by atoms with E-state index in [2.05, 4.69) is 17.6 Å². The number of hydrogen-bond donors (Lipinski definition) is 2. The molecule has 0 aromatic heterocycles. The Morgan fingerprint density at radius 3 is 2.14 bits per heavy atom. The fourth-order valence-electron chi connectivity index (χ4n) is 4.80. The zero-order valence-corrected chi connectivity index (χ0v) is 26.6. The van der Waals surface area contributed by atoms with Crippen LogP contribution in [0.3, 0.4) is 0 Å². The SMILES string of the molecule is CCCCCCCCN(C(=O)C(Cc1ccccc1)NC(=O)OC(C)(C)C)C(C(=O)NCC(=O)OC)c1ccccc1C. The van der Waals surface area contributed by atoms with Crippen LogP contribution in [0.15, 0.2) is 54.6 Å². The first kappa shape index (κ1) is 35.3. The number of nitrogens with one attached hydrogen (secondary N) is 2. The van der Waals surface area contributed by atoms with E-state index in [0.29, 0.717) is 12.0 Å². The van der Waals surface area contributed by atoms with Crippen LogP contribution in [0.1, 0.15) is 89.0 Å². The molecule has 2 unspecified atom stereocenters. The highest BCUT2D eigenvalue weighted by atomic mass is 16.6. The molecule has 2 atom stereocenters. The molecule has 0 aliphatic carbocycles. The van der Waals surface area contributed by atoms with E-state index in [1.165, 1.54) is 7.11 Å². The third-order valence-electron chi connectivity index (χ3n) is 6.99. The van der Waals surface area contributed by atoms with Gasteiger partial charge in [0.15, 0.2) is 0 Å². The van der Waals surface area contributed by atoms with Gasteiger partial charge in [0.2, 0.25) is 11.8 Å². The molecule has 0 saturated heterocycles. The molecule has 9 nitrogen and oxygen atoms in total. The molecule has 2 N–H and O–H groups in total. The molecular weight excluding hydrogens is 546 g/mol. The molecule has 236 valence electrons. The Morgan fingerprint density at radius 1 is 0.884 bits per heavy atom. The van der Waals surface area contributed by atoms with Gasteiger partial charge in [-0.15, -0.1) is 0 Å². The Bertz CT molecular complexity index is 1180. The highest BCUT2D eigenvalue weighted by Crippen LogP contribution is 2.27. The second-order valence-electron chi connectivity index (χ2n) is 11.7. The predicted octanol–water partition coefficient (Wildman–Crippen LogP) is 5.65. The average Bonchev–Trinajstić information content (AvgIpc) is 2.96. The number of unbranched alkanes of at least 4 members (excludes halogenated alkanes) is 5. The Morgan fingerprint density at radius 2 is 1.51 bits per heavy atom. The van der Waals surface area contributed by atoms with Gasteiger partial charge in [0, 0.05) is 13.0 Å². The fourth-order valence-corrected chi connectivity index (χ4v) is 4.80. The summed E-state index contributed by atoms with van der Waals surface area (Å²) in [7, 11) is 1.25. The van der Waals surface area contributed by atoms with Gasteiger partial charge in [-0.2, -0.15) is 0 Å². The molecule has 0 aliphatic rings. The Labute approximate surface area is 256 Å². The van der Waals surface area contributed by atoms with Gasteiger partial charge in [-0.25, -0.2) is 4.79 Å². The Hall–Kier alpha value is -3.88. The summed E-state index contributed by atoms with van der Waals surface area (Å²) in [4.78, 5) is 54.7. The average molecular weight is 596 g/mol. The minimum atomic E-state index is -1.03. The largest absolute Gasteiger partial charge is 0.468 e. The molecular formula is C34H49N3O6. The standard InChI is InChI=1S/C34H49N3O6/c1-7-8-9-10-11-17-22-37(30(27-21-16-15-18-25(27)2)31(39)35-24-29(38)42-6)32(40)28(23-26-19-13-12-14-20-26)36-33(41)43-34(3,4)5/h12-16,18-21,28,30H,7-11,17,22-24H2,1-6H3,(H,35,39)(H,36,41). The van der Waals surface area contributed by atoms with E-state index in [0.717, 1.165) is 43.2 Å². The van der Waals surface area contributed by atoms with Crippen LogP contribution in [0.4, 0.5) is 4.79 Å². The third kappa shape index (κ3) is 12.5. The van der Waals surface area contributed by atoms with Crippen LogP contribution in [-0.4, -0.2) is 60.6 Å². The first-order chi connectivity index (χ1) is 20.5. The van der Waals surface area contributed by atoms with Crippen molar-refractivity contribution >= 4 is 23.9 Å². The summed E-state index contributed by atoms with van der Waals surface area (Å²) in [5, 5.41) is 5.44. The highest BCUT2D eigenvalue weighted by molar-refractivity contribution is 5.93. The van der Waals surface area contributed by atoms with E-state index >= 15 is 0 Å². The van der Waals surface area contributed by atoms with Crippen molar-refractivity contribution in [2.75, 3.05) is 20.2 Å². The number of carbonyl (C=O) groups is 4. The van der Waals surface area contributed by atoms with Crippen molar-refractivity contribution in [3.8, 4) is 0 Å². The predicted molar refractivity (Wildman–Crippen MR) is 167 cm³/mol. The number of aryl methyl sites for hydroxylation is 1. The summed E-state index contributed by atoms with van der Waals surface area (Å²) in [5.41, 5.74) is 1.54. The lowest BCUT2D eigenvalue weighted by Crippen LogP contribution is -2.54. The van der Waals surface area contributed by atoms with Gasteiger partial charge in [0.1, 0.15) is 24.2 Å². The number of esters is 1. The smallest absolute Gasteiger partial charge is 0.408 e. The van der Waals surface area contributed by atoms with E-state index in [9.17, 15) is 19.2 Å². The minimum absolute atomic E-state index is 0.205. The zero-order valence-electron chi connectivity index (χ0n) is 26.6. The molecule has 3 amide bonds. The topological polar surface area (TPSA) is 114 Å². The van der Waals surface area contributed by atoms with Crippen LogP contribution in [0, 0.1) is 6.92 Å². The molecule has 0 radical (unpaired) electrons. The normalized spacial score (nSPS) is 12.5. The van der Waals surface area contributed by atoms with Crippen molar-refractivity contribution in [2.24, 2.45) is 0 Å². The number of ether oxygens (including phenoxy) is 2. The minimum Gasteiger partial charge on any atom is -0.468 e. The lowest BCUT2D eigenvalue weighted by atomic mass is 9.96. The van der Waals surface area contributed by atoms with Gasteiger partial charge in [0.05, 0.1) is 7.11 Å². The van der Waals surface area contributed by atoms with Crippen molar-refractivity contribution in [1.29, 1.82) is 0 Å². The van der Waals surface area contributed by atoms with Crippen LogP contribution < -0.4 is 10.6 Å². The lowest BCUT2D eigenvalue weighted by molar-refractivity contribution is -0.144. The molecule has 0 bridgehead atoms. The summed E-state index contributed by atoms with van der Waals surface area (Å²) >= 11 is 0. The van der Waals surface area contributed by atoms with Crippen LogP contribution in [-0.2, 0) is 30.3 Å². The molecule has 9 heteroatoms. The van der Waals surface area contributed by atoms with Crippen LogP contribution >= 0.6 is 0 Å². The third-order valence-corrected chi connectivity index (χ3v) is 6.99. The summed E-state index contributed by atoms with van der Waals surface area (Å²) in [6.45, 7) is 9.26. The number of hydrogen-bond acceptors (Lipinski definition) is 6. The van der Waals surface area contributed by atoms with Crippen molar-refractivity contribution in [3.63, 3.8) is 0 Å². The van der Waals surface area contributed by atoms with Gasteiger partial charge >= 0.3 is 12.1 Å². The van der Waals surface area contributed by atoms with Crippen molar-refractivity contribution in [3.05, 3.63) is 71.3 Å². The van der Waals surface area contributed by atoms with Crippen molar-refractivity contribution in [1.82, 2.24) is 15.5 Å². The van der Waals surface area contributed by atoms with Gasteiger partial charge < -0.3 is 25.0 Å². The summed E-state index contributed by atoms with van der Waals surface area (Å²) in [6.07, 6.45) is 5.43. The van der Waals surface area contributed by atoms with Crippen LogP contribution in [0.5, 0.6) is 0 Å². The van der Waals surface area contributed by atoms with E-state index in [4.69, 9.17) is 9.47 Å². The summed E-state index contributed by atoms with van der Waals surface area (Å²) < 4.78 is 10.2. The number of amides is 3. The molecule has 0 aliphatic heterocycles. The monoisotopic (exact) mass is 595 g/mol. The van der Waals surface area contributed by atoms with E-state index in [-0.39, 0.29) is 19.5 Å². The molecule has 2 rings (SSSR count). The number of methoxy groups -OCH3 is 1. The number of rotatable bonds is 16. The number of benzene rings is 2. The molecule has 43 heavy (non-hydrogen) atoms. The van der Waals surface area contributed by atoms with Crippen LogP contribution in [0.25, 0.3) is 0 Å². The van der Waals surface area contributed by atoms with E-state index in [1.54, 1.807) is 25.7 Å². The first-order valence-corrected chi connectivity index (χ1v) is 15.2. The maximum absolute atomic E-state index is 14.5. The maximum atomic E-state index is 14.5. The summed E-state index contributed by atoms with van der Waals surface area (Å²) in [6, 6.07) is 14.7. The van der Waals surface area contributed by atoms with Gasteiger partial charge in [-0.1, -0.05) is 93.6 Å². The van der Waals surface area contributed by atoms with E-state index in [1.807, 2.05) is 61.5 Å². The zero-order chi connectivity index (χ0) is 31.8. The number of alkyl carbamates (subject to hydrolysis) is 1. The molecule has 0 spiro atoms. The van der Waals surface area contributed by atoms with Crippen molar-refractivity contribution < 1.29 is 28.7 Å². The number of carbonyl (C=O) groups excluding carboxylic acids is 4. The fraction of sp³-hybridized carbons (Fsp3) is 0.529. The number of nitrogens with zero attached hydrogens (tertiary/aromatic N) is 1. The van der Waals surface area contributed by atoms with Gasteiger partial charge in [-0.05, 0) is 50.8 Å². The molecule has 0 fully saturated rings. The maximum Gasteiger partial charge on any atom is 0.408 e.